The summed E-state index contributed by atoms with van der Waals surface area (Å²) in [5.74, 6) is -0.962. The van der Waals surface area contributed by atoms with E-state index < -0.39 is 11.9 Å². The van der Waals surface area contributed by atoms with E-state index in [9.17, 15) is 14.4 Å². The van der Waals surface area contributed by atoms with Crippen LogP contribution in [0.15, 0.2) is 22.6 Å². The van der Waals surface area contributed by atoms with Crippen LogP contribution in [-0.2, 0) is 20.9 Å². The van der Waals surface area contributed by atoms with Crippen LogP contribution >= 0.6 is 11.3 Å². The van der Waals surface area contributed by atoms with E-state index in [1.165, 1.54) is 22.2 Å². The van der Waals surface area contributed by atoms with E-state index in [-0.39, 0.29) is 25.3 Å². The van der Waals surface area contributed by atoms with Crippen LogP contribution in [0.2, 0.25) is 0 Å². The van der Waals surface area contributed by atoms with Gasteiger partial charge in [0.2, 0.25) is 5.91 Å². The lowest BCUT2D eigenvalue weighted by molar-refractivity contribution is -0.143. The minimum atomic E-state index is -0.514. The number of fused-ring (bicyclic) bond motifs is 1. The number of ether oxygens (including phenoxy) is 1. The van der Waals surface area contributed by atoms with Crippen molar-refractivity contribution in [3.05, 3.63) is 28.1 Å². The van der Waals surface area contributed by atoms with Gasteiger partial charge >= 0.3 is 5.97 Å². The molecule has 8 heteroatoms. The predicted octanol–water partition coefficient (Wildman–Crippen LogP) is 0.137. The molecular formula is C12H13N3O4S. The number of carbonyl (C=O) groups excluding carboxylic acids is 2. The van der Waals surface area contributed by atoms with Crippen molar-refractivity contribution >= 4 is 33.4 Å². The molecule has 0 aliphatic carbocycles. The number of nitrogens with one attached hydrogen (secondary N) is 1. The molecule has 0 atom stereocenters. The van der Waals surface area contributed by atoms with Crippen LogP contribution in [-0.4, -0.2) is 34.6 Å². The fourth-order valence-corrected chi connectivity index (χ4v) is 2.32. The Morgan fingerprint density at radius 1 is 1.50 bits per heavy atom. The molecule has 0 bridgehead atoms. The second-order valence-corrected chi connectivity index (χ2v) is 4.79. The number of hydrogen-bond acceptors (Lipinski definition) is 6. The monoisotopic (exact) mass is 295 g/mol. The Morgan fingerprint density at radius 2 is 2.30 bits per heavy atom. The molecule has 2 rings (SSSR count). The van der Waals surface area contributed by atoms with Crippen molar-refractivity contribution in [1.82, 2.24) is 14.9 Å². The lowest BCUT2D eigenvalue weighted by Gasteiger charge is -2.06. The van der Waals surface area contributed by atoms with Crippen LogP contribution in [0, 0.1) is 0 Å². The molecule has 20 heavy (non-hydrogen) atoms. The smallest absolute Gasteiger partial charge is 0.325 e. The molecule has 0 aliphatic rings. The zero-order valence-corrected chi connectivity index (χ0v) is 11.6. The third-order valence-electron chi connectivity index (χ3n) is 2.50. The Bertz CT molecular complexity index is 691. The topological polar surface area (TPSA) is 90.3 Å². The first-order chi connectivity index (χ1) is 9.61. The number of rotatable bonds is 5. The summed E-state index contributed by atoms with van der Waals surface area (Å²) in [5, 5.41) is 4.64. The molecule has 7 nitrogen and oxygen atoms in total. The number of aromatic nitrogens is 2. The van der Waals surface area contributed by atoms with Gasteiger partial charge in [-0.2, -0.15) is 0 Å². The van der Waals surface area contributed by atoms with Gasteiger partial charge in [0.1, 0.15) is 17.9 Å². The predicted molar refractivity (Wildman–Crippen MR) is 73.5 cm³/mol. The summed E-state index contributed by atoms with van der Waals surface area (Å²) in [4.78, 5) is 39.5. The Morgan fingerprint density at radius 3 is 3.05 bits per heavy atom. The van der Waals surface area contributed by atoms with Gasteiger partial charge in [-0.05, 0) is 18.4 Å². The Balaban J connectivity index is 2.01. The number of thiophene rings is 1. The van der Waals surface area contributed by atoms with Gasteiger partial charge in [0.25, 0.3) is 5.56 Å². The number of hydrogen-bond donors (Lipinski definition) is 1. The van der Waals surface area contributed by atoms with Gasteiger partial charge in [-0.3, -0.25) is 19.0 Å². The Labute approximate surface area is 118 Å². The maximum Gasteiger partial charge on any atom is 0.325 e. The minimum Gasteiger partial charge on any atom is -0.465 e. The van der Waals surface area contributed by atoms with Gasteiger partial charge < -0.3 is 10.1 Å². The van der Waals surface area contributed by atoms with Crippen molar-refractivity contribution < 1.29 is 14.3 Å². The van der Waals surface area contributed by atoms with E-state index in [0.717, 1.165) is 0 Å². The second kappa shape index (κ2) is 6.29. The summed E-state index contributed by atoms with van der Waals surface area (Å²) in [5.41, 5.74) is -0.275. The number of esters is 1. The average molecular weight is 295 g/mol. The van der Waals surface area contributed by atoms with Crippen molar-refractivity contribution in [2.24, 2.45) is 0 Å². The molecule has 0 saturated heterocycles. The largest absolute Gasteiger partial charge is 0.465 e. The summed E-state index contributed by atoms with van der Waals surface area (Å²) in [6, 6.07) is 1.67. The van der Waals surface area contributed by atoms with E-state index in [1.807, 2.05) is 0 Å². The van der Waals surface area contributed by atoms with Crippen LogP contribution in [0.1, 0.15) is 6.92 Å². The highest BCUT2D eigenvalue weighted by atomic mass is 32.1. The lowest BCUT2D eigenvalue weighted by atomic mass is 10.4. The van der Waals surface area contributed by atoms with Crippen molar-refractivity contribution in [2.75, 3.05) is 13.2 Å². The van der Waals surface area contributed by atoms with Crippen LogP contribution in [0.25, 0.3) is 10.2 Å². The van der Waals surface area contributed by atoms with E-state index in [1.54, 1.807) is 18.4 Å². The molecule has 106 valence electrons. The lowest BCUT2D eigenvalue weighted by Crippen LogP contribution is -2.35. The summed E-state index contributed by atoms with van der Waals surface area (Å²) in [6.07, 6.45) is 1.32. The molecule has 0 spiro atoms. The SMILES string of the molecule is CCOC(=O)CNC(=O)Cn1cnc2sccc2c1=O. The van der Waals surface area contributed by atoms with Crippen molar-refractivity contribution in [2.45, 2.75) is 13.5 Å². The third kappa shape index (κ3) is 3.21. The molecule has 1 amide bonds. The molecule has 0 saturated carbocycles. The van der Waals surface area contributed by atoms with Gasteiger partial charge in [-0.25, -0.2) is 4.98 Å². The third-order valence-corrected chi connectivity index (χ3v) is 3.32. The Kier molecular flexibility index (Phi) is 4.46. The van der Waals surface area contributed by atoms with Crippen LogP contribution < -0.4 is 10.9 Å². The van der Waals surface area contributed by atoms with Gasteiger partial charge in [-0.15, -0.1) is 11.3 Å². The fraction of sp³-hybridized carbons (Fsp3) is 0.333. The van der Waals surface area contributed by atoms with Gasteiger partial charge in [0.05, 0.1) is 18.3 Å². The molecular weight excluding hydrogens is 282 g/mol. The van der Waals surface area contributed by atoms with E-state index in [0.29, 0.717) is 10.2 Å². The fourth-order valence-electron chi connectivity index (χ4n) is 1.60. The quantitative estimate of drug-likeness (QED) is 0.792. The molecule has 1 N–H and O–H groups in total. The van der Waals surface area contributed by atoms with Gasteiger partial charge in [-0.1, -0.05) is 0 Å². The summed E-state index contributed by atoms with van der Waals surface area (Å²) >= 11 is 1.36. The van der Waals surface area contributed by atoms with Crippen LogP contribution in [0.3, 0.4) is 0 Å². The van der Waals surface area contributed by atoms with Crippen molar-refractivity contribution in [3.8, 4) is 0 Å². The summed E-state index contributed by atoms with van der Waals surface area (Å²) in [7, 11) is 0. The Hall–Kier alpha value is -2.22. The van der Waals surface area contributed by atoms with Crippen LogP contribution in [0.5, 0.6) is 0 Å². The molecule has 0 fully saturated rings. The van der Waals surface area contributed by atoms with Crippen LogP contribution in [0.4, 0.5) is 0 Å². The van der Waals surface area contributed by atoms with Crippen molar-refractivity contribution in [1.29, 1.82) is 0 Å². The van der Waals surface area contributed by atoms with Gasteiger partial charge in [0, 0.05) is 0 Å². The zero-order chi connectivity index (χ0) is 14.5. The van der Waals surface area contributed by atoms with E-state index in [2.05, 4.69) is 15.0 Å². The summed E-state index contributed by atoms with van der Waals surface area (Å²) in [6.45, 7) is 1.54. The number of carbonyl (C=O) groups is 2. The minimum absolute atomic E-state index is 0.184. The second-order valence-electron chi connectivity index (χ2n) is 3.90. The molecule has 0 unspecified atom stereocenters. The van der Waals surface area contributed by atoms with E-state index in [4.69, 9.17) is 0 Å². The normalized spacial score (nSPS) is 10.4. The standard InChI is InChI=1S/C12H13N3O4S/c1-2-19-10(17)5-13-9(16)6-15-7-14-11-8(12(15)18)3-4-20-11/h3-4,7H,2,5-6H2,1H3,(H,13,16). The molecule has 2 aromatic heterocycles. The molecule has 0 aromatic carbocycles. The van der Waals surface area contributed by atoms with Gasteiger partial charge in [0.15, 0.2) is 0 Å². The summed E-state index contributed by atoms with van der Waals surface area (Å²) < 4.78 is 5.88. The number of nitrogens with zero attached hydrogens (tertiary/aromatic N) is 2. The van der Waals surface area contributed by atoms with E-state index >= 15 is 0 Å². The average Bonchev–Trinajstić information content (AvgIpc) is 2.89. The highest BCUT2D eigenvalue weighted by Gasteiger charge is 2.10. The first-order valence-corrected chi connectivity index (χ1v) is 6.84. The number of amides is 1. The maximum absolute atomic E-state index is 12.0. The first-order valence-electron chi connectivity index (χ1n) is 5.96. The maximum atomic E-state index is 12.0. The highest BCUT2D eigenvalue weighted by Crippen LogP contribution is 2.12. The molecule has 2 aromatic rings. The molecule has 2 heterocycles. The molecule has 0 aliphatic heterocycles. The zero-order valence-electron chi connectivity index (χ0n) is 10.8. The molecule has 0 radical (unpaired) electrons. The van der Waals surface area contributed by atoms with Crippen molar-refractivity contribution in [3.63, 3.8) is 0 Å². The highest BCUT2D eigenvalue weighted by molar-refractivity contribution is 7.16. The first kappa shape index (κ1) is 14.2.